The van der Waals surface area contributed by atoms with Gasteiger partial charge in [0.15, 0.2) is 5.82 Å². The highest BCUT2D eigenvalue weighted by atomic mass is 15.4. The van der Waals surface area contributed by atoms with Gasteiger partial charge in [-0.1, -0.05) is 0 Å². The third-order valence-electron chi connectivity index (χ3n) is 3.61. The van der Waals surface area contributed by atoms with Gasteiger partial charge in [0.2, 0.25) is 5.95 Å². The number of aromatic nitrogens is 6. The Morgan fingerprint density at radius 2 is 1.80 bits per heavy atom. The monoisotopic (exact) mass is 270 g/mol. The van der Waals surface area contributed by atoms with Crippen LogP contribution in [0.15, 0.2) is 24.9 Å². The Hall–Kier alpha value is -2.64. The summed E-state index contributed by atoms with van der Waals surface area (Å²) in [5.74, 6) is 1.80. The molecule has 1 fully saturated rings. The normalized spacial score (nSPS) is 16.0. The van der Waals surface area contributed by atoms with E-state index in [9.17, 15) is 0 Å². The van der Waals surface area contributed by atoms with Gasteiger partial charge in [-0.05, 0) is 6.07 Å². The Labute approximate surface area is 114 Å². The summed E-state index contributed by atoms with van der Waals surface area (Å²) in [6, 6.07) is 1.96. The van der Waals surface area contributed by atoms with Gasteiger partial charge in [-0.2, -0.15) is 10.1 Å². The van der Waals surface area contributed by atoms with E-state index in [1.807, 2.05) is 12.3 Å². The Morgan fingerprint density at radius 1 is 0.950 bits per heavy atom. The van der Waals surface area contributed by atoms with Crippen LogP contribution in [0.25, 0.3) is 11.0 Å². The van der Waals surface area contributed by atoms with Crippen molar-refractivity contribution in [1.29, 1.82) is 0 Å². The van der Waals surface area contributed by atoms with Gasteiger partial charge in [0, 0.05) is 32.4 Å². The van der Waals surface area contributed by atoms with E-state index in [0.717, 1.165) is 49.0 Å². The Kier molecular flexibility index (Phi) is 2.51. The highest BCUT2D eigenvalue weighted by Gasteiger charge is 2.21. The number of nitrogens with zero attached hydrogens (tertiary/aromatic N) is 6. The number of fused-ring (bicyclic) bond motifs is 1. The van der Waals surface area contributed by atoms with E-state index in [2.05, 4.69) is 39.9 Å². The molecular formula is C12H14N8. The van der Waals surface area contributed by atoms with E-state index in [4.69, 9.17) is 0 Å². The molecular weight excluding hydrogens is 256 g/mol. The van der Waals surface area contributed by atoms with Crippen LogP contribution in [0.5, 0.6) is 0 Å². The fourth-order valence-electron chi connectivity index (χ4n) is 2.58. The maximum atomic E-state index is 4.42. The molecule has 0 saturated carbocycles. The molecule has 2 N–H and O–H groups in total. The molecule has 102 valence electrons. The van der Waals surface area contributed by atoms with E-state index in [1.54, 1.807) is 6.33 Å². The molecule has 0 radical (unpaired) electrons. The summed E-state index contributed by atoms with van der Waals surface area (Å²) < 4.78 is 0. The number of aromatic amines is 2. The molecule has 0 spiro atoms. The van der Waals surface area contributed by atoms with Gasteiger partial charge in [-0.15, -0.1) is 0 Å². The second-order valence-corrected chi connectivity index (χ2v) is 4.72. The van der Waals surface area contributed by atoms with Gasteiger partial charge in [0.25, 0.3) is 0 Å². The molecule has 0 atom stereocenters. The van der Waals surface area contributed by atoms with Gasteiger partial charge < -0.3 is 14.8 Å². The minimum absolute atomic E-state index is 0.831. The molecule has 4 rings (SSSR count). The van der Waals surface area contributed by atoms with E-state index in [-0.39, 0.29) is 0 Å². The molecule has 0 bridgehead atoms. The smallest absolute Gasteiger partial charge is 0.221 e. The molecule has 8 nitrogen and oxygen atoms in total. The summed E-state index contributed by atoms with van der Waals surface area (Å²) in [6.07, 6.45) is 5.05. The molecule has 0 aliphatic carbocycles. The number of nitrogens with one attached hydrogen (secondary N) is 2. The zero-order valence-corrected chi connectivity index (χ0v) is 10.8. The van der Waals surface area contributed by atoms with Crippen molar-refractivity contribution in [2.24, 2.45) is 0 Å². The first-order chi connectivity index (χ1) is 9.92. The fourth-order valence-corrected chi connectivity index (χ4v) is 2.58. The first-order valence-corrected chi connectivity index (χ1v) is 6.55. The topological polar surface area (TPSA) is 89.6 Å². The quantitative estimate of drug-likeness (QED) is 0.700. The predicted octanol–water partition coefficient (Wildman–Crippen LogP) is 0.403. The Morgan fingerprint density at radius 3 is 2.60 bits per heavy atom. The van der Waals surface area contributed by atoms with E-state index in [1.165, 1.54) is 6.33 Å². The molecule has 20 heavy (non-hydrogen) atoms. The maximum absolute atomic E-state index is 4.42. The molecule has 0 unspecified atom stereocenters. The molecule has 0 amide bonds. The number of anilines is 2. The number of rotatable bonds is 2. The standard InChI is InChI=1S/C12H14N8/c1-2-13-10-9(1)14-7-15-11(10)19-3-5-20(6-4-19)12-16-8-17-18-12/h1-2,7-8,13H,3-6H2,(H,16,17,18). The largest absolute Gasteiger partial charge is 0.357 e. The lowest BCUT2D eigenvalue weighted by molar-refractivity contribution is 0.636. The molecule has 3 aromatic rings. The summed E-state index contributed by atoms with van der Waals surface area (Å²) in [5, 5.41) is 6.79. The molecule has 1 aliphatic heterocycles. The van der Waals surface area contributed by atoms with Crippen molar-refractivity contribution in [3.05, 3.63) is 24.9 Å². The molecule has 1 saturated heterocycles. The number of piperazine rings is 1. The van der Waals surface area contributed by atoms with Crippen molar-refractivity contribution in [3.8, 4) is 0 Å². The highest BCUT2D eigenvalue weighted by molar-refractivity contribution is 5.85. The summed E-state index contributed by atoms with van der Waals surface area (Å²) in [6.45, 7) is 3.57. The predicted molar refractivity (Wildman–Crippen MR) is 74.7 cm³/mol. The third-order valence-corrected chi connectivity index (χ3v) is 3.61. The van der Waals surface area contributed by atoms with Crippen molar-refractivity contribution in [3.63, 3.8) is 0 Å². The number of hydrogen-bond donors (Lipinski definition) is 2. The van der Waals surface area contributed by atoms with Crippen molar-refractivity contribution in [2.45, 2.75) is 0 Å². The van der Waals surface area contributed by atoms with Crippen LogP contribution in [0.3, 0.4) is 0 Å². The second-order valence-electron chi connectivity index (χ2n) is 4.72. The Balaban J connectivity index is 1.56. The van der Waals surface area contributed by atoms with E-state index in [0.29, 0.717) is 0 Å². The fraction of sp³-hybridized carbons (Fsp3) is 0.333. The zero-order chi connectivity index (χ0) is 13.4. The molecule has 1 aliphatic rings. The summed E-state index contributed by atoms with van der Waals surface area (Å²) in [7, 11) is 0. The first-order valence-electron chi connectivity index (χ1n) is 6.55. The lowest BCUT2D eigenvalue weighted by atomic mass is 10.3. The second kappa shape index (κ2) is 4.48. The van der Waals surface area contributed by atoms with Gasteiger partial charge in [0.05, 0.1) is 5.52 Å². The van der Waals surface area contributed by atoms with Gasteiger partial charge in [0.1, 0.15) is 18.2 Å². The van der Waals surface area contributed by atoms with Crippen LogP contribution in [0, 0.1) is 0 Å². The zero-order valence-electron chi connectivity index (χ0n) is 10.8. The third kappa shape index (κ3) is 1.77. The van der Waals surface area contributed by atoms with Crippen molar-refractivity contribution < 1.29 is 0 Å². The first kappa shape index (κ1) is 11.2. The molecule has 3 aromatic heterocycles. The lowest BCUT2D eigenvalue weighted by Crippen LogP contribution is -2.47. The van der Waals surface area contributed by atoms with Crippen LogP contribution in [0.2, 0.25) is 0 Å². The minimum atomic E-state index is 0.831. The SMILES string of the molecule is c1n[nH]c(N2CCN(c3ncnc4cc[nH]c34)CC2)n1. The van der Waals surface area contributed by atoms with E-state index < -0.39 is 0 Å². The van der Waals surface area contributed by atoms with E-state index >= 15 is 0 Å². The maximum Gasteiger partial charge on any atom is 0.221 e. The van der Waals surface area contributed by atoms with Crippen molar-refractivity contribution >= 4 is 22.8 Å². The van der Waals surface area contributed by atoms with Crippen LogP contribution < -0.4 is 9.80 Å². The van der Waals surface area contributed by atoms with Crippen LogP contribution in [-0.4, -0.2) is 56.3 Å². The Bertz CT molecular complexity index is 695. The van der Waals surface area contributed by atoms with Crippen molar-refractivity contribution in [2.75, 3.05) is 36.0 Å². The minimum Gasteiger partial charge on any atom is -0.357 e. The van der Waals surface area contributed by atoms with Gasteiger partial charge in [-0.25, -0.2) is 15.1 Å². The number of hydrogen-bond acceptors (Lipinski definition) is 6. The van der Waals surface area contributed by atoms with Crippen LogP contribution in [-0.2, 0) is 0 Å². The molecule has 0 aromatic carbocycles. The van der Waals surface area contributed by atoms with Crippen LogP contribution >= 0.6 is 0 Å². The summed E-state index contributed by atoms with van der Waals surface area (Å²) in [4.78, 5) is 20.5. The lowest BCUT2D eigenvalue weighted by Gasteiger charge is -2.35. The average molecular weight is 270 g/mol. The summed E-state index contributed by atoms with van der Waals surface area (Å²) >= 11 is 0. The van der Waals surface area contributed by atoms with Crippen molar-refractivity contribution in [1.82, 2.24) is 30.1 Å². The number of H-pyrrole nitrogens is 2. The average Bonchev–Trinajstić information content (AvgIpc) is 3.18. The van der Waals surface area contributed by atoms with Gasteiger partial charge >= 0.3 is 0 Å². The van der Waals surface area contributed by atoms with Crippen LogP contribution in [0.4, 0.5) is 11.8 Å². The van der Waals surface area contributed by atoms with Gasteiger partial charge in [-0.3, -0.25) is 0 Å². The molecule has 4 heterocycles. The molecule has 8 heteroatoms. The highest BCUT2D eigenvalue weighted by Crippen LogP contribution is 2.22. The summed E-state index contributed by atoms with van der Waals surface area (Å²) in [5.41, 5.74) is 1.95. The van der Waals surface area contributed by atoms with Crippen LogP contribution in [0.1, 0.15) is 0 Å².